The zero-order chi connectivity index (χ0) is 32.6. The van der Waals surface area contributed by atoms with Crippen LogP contribution in [-0.4, -0.2) is 68.5 Å². The number of rotatable bonds is 13. The van der Waals surface area contributed by atoms with Crippen molar-refractivity contribution in [2.24, 2.45) is 11.5 Å². The van der Waals surface area contributed by atoms with Gasteiger partial charge in [0, 0.05) is 48.1 Å². The van der Waals surface area contributed by atoms with Crippen LogP contribution < -0.4 is 36.3 Å². The van der Waals surface area contributed by atoms with E-state index in [9.17, 15) is 9.59 Å². The van der Waals surface area contributed by atoms with E-state index in [0.29, 0.717) is 41.3 Å². The highest BCUT2D eigenvalue weighted by molar-refractivity contribution is 6.07. The van der Waals surface area contributed by atoms with Crippen LogP contribution >= 0.6 is 0 Å². The molecule has 7 N–H and O–H groups in total. The third-order valence-corrected chi connectivity index (χ3v) is 6.71. The van der Waals surface area contributed by atoms with Crippen molar-refractivity contribution in [1.82, 2.24) is 30.4 Å². The number of ether oxygens (including phenoxy) is 3. The standard InChI is InChI=1S/C32H30N10O5/c33-9-11-45-27-15-29(37-23-7-3-1-5-21(23)27)39-31(43)25-13-20(47-18-19-17-35-42-41-19)14-26(36-25)32(44)40-30-16-28(46-12-10-34)22-6-2-4-8-24(22)38-30/h1-8,13-17H,9-12,18,33-34H2,(H,35,41,42)(H,37,39,43)(H,38,40,44). The maximum Gasteiger partial charge on any atom is 0.275 e. The molecule has 15 heteroatoms. The number of nitrogens with two attached hydrogens (primary N) is 2. The molecule has 0 saturated heterocycles. The van der Waals surface area contributed by atoms with Gasteiger partial charge in [0.05, 0.1) is 17.2 Å². The molecule has 2 aromatic carbocycles. The lowest BCUT2D eigenvalue weighted by atomic mass is 10.2. The van der Waals surface area contributed by atoms with Gasteiger partial charge in [-0.1, -0.05) is 24.3 Å². The summed E-state index contributed by atoms with van der Waals surface area (Å²) < 4.78 is 17.5. The number of amides is 2. The van der Waals surface area contributed by atoms with Gasteiger partial charge in [-0.2, -0.15) is 15.4 Å². The fourth-order valence-electron chi connectivity index (χ4n) is 4.63. The summed E-state index contributed by atoms with van der Waals surface area (Å²) in [5.41, 5.74) is 12.8. The third kappa shape index (κ3) is 7.38. The summed E-state index contributed by atoms with van der Waals surface area (Å²) in [4.78, 5) is 40.5. The average Bonchev–Trinajstić information content (AvgIpc) is 3.62. The predicted octanol–water partition coefficient (Wildman–Crippen LogP) is 3.05. The quantitative estimate of drug-likeness (QED) is 0.124. The molecule has 6 rings (SSSR count). The largest absolute Gasteiger partial charge is 0.491 e. The molecule has 0 radical (unpaired) electrons. The van der Waals surface area contributed by atoms with Crippen LogP contribution in [0.15, 0.2) is 79.0 Å². The minimum Gasteiger partial charge on any atom is -0.491 e. The molecular weight excluding hydrogens is 604 g/mol. The molecule has 0 bridgehead atoms. The fraction of sp³-hybridized carbons (Fsp3) is 0.156. The second kappa shape index (κ2) is 14.3. The molecule has 0 unspecified atom stereocenters. The number of benzene rings is 2. The number of aromatic nitrogens is 6. The summed E-state index contributed by atoms with van der Waals surface area (Å²) in [5, 5.41) is 17.3. The van der Waals surface area contributed by atoms with E-state index in [-0.39, 0.29) is 48.6 Å². The number of para-hydroxylation sites is 2. The van der Waals surface area contributed by atoms with Gasteiger partial charge in [0.25, 0.3) is 11.8 Å². The van der Waals surface area contributed by atoms with Crippen LogP contribution in [-0.2, 0) is 6.61 Å². The molecule has 0 fully saturated rings. The van der Waals surface area contributed by atoms with Gasteiger partial charge in [0.2, 0.25) is 0 Å². The molecule has 0 aliphatic carbocycles. The lowest BCUT2D eigenvalue weighted by molar-refractivity contribution is 0.101. The first kappa shape index (κ1) is 30.8. The Morgan fingerprint density at radius 2 is 1.23 bits per heavy atom. The molecule has 47 heavy (non-hydrogen) atoms. The number of hydrogen-bond donors (Lipinski definition) is 5. The number of nitrogens with zero attached hydrogens (tertiary/aromatic N) is 5. The highest BCUT2D eigenvalue weighted by atomic mass is 16.5. The van der Waals surface area contributed by atoms with Crippen LogP contribution in [0.3, 0.4) is 0 Å². The molecule has 15 nitrogen and oxygen atoms in total. The topological polar surface area (TPSA) is 218 Å². The number of fused-ring (bicyclic) bond motifs is 2. The predicted molar refractivity (Wildman–Crippen MR) is 173 cm³/mol. The maximum absolute atomic E-state index is 13.6. The Kier molecular flexibility index (Phi) is 9.36. The molecule has 238 valence electrons. The molecule has 0 saturated carbocycles. The van der Waals surface area contributed by atoms with Gasteiger partial charge in [-0.3, -0.25) is 9.59 Å². The second-order valence-corrected chi connectivity index (χ2v) is 10.1. The Labute approximate surface area is 267 Å². The van der Waals surface area contributed by atoms with Crippen LogP contribution in [0, 0.1) is 0 Å². The summed E-state index contributed by atoms with van der Waals surface area (Å²) in [6.07, 6.45) is 1.49. The average molecular weight is 635 g/mol. The Morgan fingerprint density at radius 3 is 1.72 bits per heavy atom. The van der Waals surface area contributed by atoms with Gasteiger partial charge in [-0.25, -0.2) is 15.0 Å². The molecule has 0 aliphatic rings. The van der Waals surface area contributed by atoms with Crippen LogP contribution in [0.2, 0.25) is 0 Å². The van der Waals surface area contributed by atoms with Crippen molar-refractivity contribution in [1.29, 1.82) is 0 Å². The van der Waals surface area contributed by atoms with Crippen molar-refractivity contribution in [3.05, 3.63) is 96.1 Å². The van der Waals surface area contributed by atoms with E-state index >= 15 is 0 Å². The number of aromatic amines is 1. The summed E-state index contributed by atoms with van der Waals surface area (Å²) in [6.45, 7) is 1.19. The van der Waals surface area contributed by atoms with E-state index in [0.717, 1.165) is 10.8 Å². The van der Waals surface area contributed by atoms with E-state index in [1.807, 2.05) is 36.4 Å². The highest BCUT2D eigenvalue weighted by Crippen LogP contribution is 2.29. The number of H-pyrrole nitrogens is 1. The number of pyridine rings is 3. The molecule has 0 atom stereocenters. The summed E-state index contributed by atoms with van der Waals surface area (Å²) in [7, 11) is 0. The Morgan fingerprint density at radius 1 is 0.702 bits per heavy atom. The number of anilines is 2. The SMILES string of the molecule is NCCOc1cc(NC(=O)c2cc(OCc3cn[nH]n3)cc(C(=O)Nc3cc(OCCN)c4ccccc4n3)n2)nc2ccccc12. The first-order chi connectivity index (χ1) is 23.0. The first-order valence-electron chi connectivity index (χ1n) is 14.6. The molecule has 2 amide bonds. The van der Waals surface area contributed by atoms with Crippen molar-refractivity contribution in [2.45, 2.75) is 6.61 Å². The summed E-state index contributed by atoms with van der Waals surface area (Å²) in [6, 6.07) is 20.7. The summed E-state index contributed by atoms with van der Waals surface area (Å²) >= 11 is 0. The van der Waals surface area contributed by atoms with Gasteiger partial charge in [-0.15, -0.1) is 0 Å². The fourth-order valence-corrected chi connectivity index (χ4v) is 4.63. The molecule has 4 heterocycles. The lowest BCUT2D eigenvalue weighted by Crippen LogP contribution is -2.20. The van der Waals surface area contributed by atoms with Crippen molar-refractivity contribution >= 4 is 45.3 Å². The molecule has 6 aromatic rings. The van der Waals surface area contributed by atoms with Crippen LogP contribution in [0.5, 0.6) is 17.2 Å². The van der Waals surface area contributed by atoms with Crippen LogP contribution in [0.1, 0.15) is 26.7 Å². The van der Waals surface area contributed by atoms with E-state index in [2.05, 4.69) is 41.0 Å². The minimum absolute atomic E-state index is 0.0186. The number of nitrogens with one attached hydrogen (secondary N) is 3. The van der Waals surface area contributed by atoms with Gasteiger partial charge < -0.3 is 36.3 Å². The Balaban J connectivity index is 1.30. The zero-order valence-electron chi connectivity index (χ0n) is 25.0. The zero-order valence-corrected chi connectivity index (χ0v) is 25.0. The molecule has 0 aliphatic heterocycles. The normalized spacial score (nSPS) is 10.9. The molecular formula is C32H30N10O5. The van der Waals surface area contributed by atoms with Crippen molar-refractivity contribution in [2.75, 3.05) is 36.9 Å². The second-order valence-electron chi connectivity index (χ2n) is 10.1. The van der Waals surface area contributed by atoms with Gasteiger partial charge in [-0.05, 0) is 24.3 Å². The monoisotopic (exact) mass is 634 g/mol. The van der Waals surface area contributed by atoms with Crippen molar-refractivity contribution < 1.29 is 23.8 Å². The Hall–Kier alpha value is -6.19. The van der Waals surface area contributed by atoms with Crippen molar-refractivity contribution in [3.8, 4) is 17.2 Å². The molecule has 4 aromatic heterocycles. The van der Waals surface area contributed by atoms with Gasteiger partial charge >= 0.3 is 0 Å². The lowest BCUT2D eigenvalue weighted by Gasteiger charge is -2.13. The highest BCUT2D eigenvalue weighted by Gasteiger charge is 2.19. The van der Waals surface area contributed by atoms with Crippen LogP contribution in [0.4, 0.5) is 11.6 Å². The first-order valence-corrected chi connectivity index (χ1v) is 14.6. The summed E-state index contributed by atoms with van der Waals surface area (Å²) in [5.74, 6) is 0.355. The molecule has 0 spiro atoms. The van der Waals surface area contributed by atoms with E-state index in [4.69, 9.17) is 25.7 Å². The minimum atomic E-state index is -0.639. The smallest absolute Gasteiger partial charge is 0.275 e. The van der Waals surface area contributed by atoms with E-state index in [1.165, 1.54) is 18.3 Å². The van der Waals surface area contributed by atoms with Crippen LogP contribution in [0.25, 0.3) is 21.8 Å². The van der Waals surface area contributed by atoms with Crippen molar-refractivity contribution in [3.63, 3.8) is 0 Å². The van der Waals surface area contributed by atoms with E-state index < -0.39 is 11.8 Å². The third-order valence-electron chi connectivity index (χ3n) is 6.71. The number of hydrogen-bond acceptors (Lipinski definition) is 12. The maximum atomic E-state index is 13.6. The Bertz CT molecular complexity index is 1910. The van der Waals surface area contributed by atoms with Gasteiger partial charge in [0.15, 0.2) is 0 Å². The number of carbonyl (C=O) groups excluding carboxylic acids is 2. The van der Waals surface area contributed by atoms with Gasteiger partial charge in [0.1, 0.15) is 65.8 Å². The number of carbonyl (C=O) groups is 2. The van der Waals surface area contributed by atoms with E-state index in [1.54, 1.807) is 24.3 Å².